The summed E-state index contributed by atoms with van der Waals surface area (Å²) in [5, 5.41) is 0. The van der Waals surface area contributed by atoms with Crippen molar-refractivity contribution in [3.63, 3.8) is 0 Å². The Kier molecular flexibility index (Phi) is 7.86. The smallest absolute Gasteiger partial charge is 0.212 e. The van der Waals surface area contributed by atoms with E-state index in [9.17, 15) is 16.8 Å². The minimum atomic E-state index is -3.30. The maximum Gasteiger partial charge on any atom is 0.229 e. The van der Waals surface area contributed by atoms with Crippen molar-refractivity contribution in [1.29, 1.82) is 0 Å². The van der Waals surface area contributed by atoms with Crippen molar-refractivity contribution in [1.82, 2.24) is 0 Å². The van der Waals surface area contributed by atoms with Crippen LogP contribution in [0.2, 0.25) is 0 Å². The first-order chi connectivity index (χ1) is 11.9. The zero-order valence-electron chi connectivity index (χ0n) is 13.6. The first-order valence-corrected chi connectivity index (χ1v) is 13.8. The molecule has 0 aromatic heterocycles. The van der Waals surface area contributed by atoms with Crippen LogP contribution in [0.3, 0.4) is 0 Å². The van der Waals surface area contributed by atoms with Crippen molar-refractivity contribution >= 4 is 39.3 Å². The van der Waals surface area contributed by atoms with Gasteiger partial charge in [-0.3, -0.25) is 0 Å². The van der Waals surface area contributed by atoms with Crippen molar-refractivity contribution in [3.8, 4) is 0 Å². The van der Waals surface area contributed by atoms with Crippen molar-refractivity contribution in [3.05, 3.63) is 60.7 Å². The van der Waals surface area contributed by atoms with Crippen LogP contribution in [0.15, 0.2) is 70.5 Å². The first-order valence-electron chi connectivity index (χ1n) is 7.81. The molecule has 4 nitrogen and oxygen atoms in total. The number of rotatable bonds is 10. The zero-order chi connectivity index (χ0) is 18.2. The molecule has 0 unspecified atom stereocenters. The maximum atomic E-state index is 12.1. The predicted molar refractivity (Wildman–Crippen MR) is 106 cm³/mol. The van der Waals surface area contributed by atoms with Gasteiger partial charge in [-0.15, -0.1) is 0 Å². The lowest BCUT2D eigenvalue weighted by molar-refractivity contribution is 0.609. The fourth-order valence-corrected chi connectivity index (χ4v) is 7.87. The molecule has 25 heavy (non-hydrogen) atoms. The molecule has 0 bridgehead atoms. The highest BCUT2D eigenvalue weighted by atomic mass is 33.1. The van der Waals surface area contributed by atoms with Crippen LogP contribution in [0, 0.1) is 0 Å². The monoisotopic (exact) mass is 416 g/mol. The Hall–Kier alpha value is -0.960. The van der Waals surface area contributed by atoms with Crippen LogP contribution in [0.5, 0.6) is 0 Å². The normalized spacial score (nSPS) is 12.2. The lowest BCUT2D eigenvalue weighted by Gasteiger charge is -2.05. The highest BCUT2D eigenvalue weighted by Gasteiger charge is 2.15. The average molecular weight is 417 g/mol. The van der Waals surface area contributed by atoms with Gasteiger partial charge in [0.25, 0.3) is 0 Å². The Bertz CT molecular complexity index is 775. The summed E-state index contributed by atoms with van der Waals surface area (Å²) >= 11 is 0. The van der Waals surface area contributed by atoms with E-state index in [2.05, 4.69) is 0 Å². The second-order valence-corrected chi connectivity index (χ2v) is 13.3. The van der Waals surface area contributed by atoms with Gasteiger partial charge in [0, 0.05) is 11.5 Å². The third-order valence-corrected chi connectivity index (χ3v) is 10.6. The lowest BCUT2D eigenvalue weighted by Crippen LogP contribution is -1.98. The number of hydrogen-bond acceptors (Lipinski definition) is 6. The van der Waals surface area contributed by atoms with Gasteiger partial charge in [-0.25, -0.2) is 16.8 Å². The highest BCUT2D eigenvalue weighted by Crippen LogP contribution is 2.26. The fourth-order valence-electron chi connectivity index (χ4n) is 2.03. The van der Waals surface area contributed by atoms with E-state index in [0.717, 1.165) is 40.9 Å². The third-order valence-electron chi connectivity index (χ3n) is 3.33. The molecule has 2 aromatic rings. The van der Waals surface area contributed by atoms with Gasteiger partial charge < -0.3 is 0 Å². The molecule has 0 aliphatic heterocycles. The van der Waals surface area contributed by atoms with E-state index in [4.69, 9.17) is 0 Å². The summed E-state index contributed by atoms with van der Waals surface area (Å²) in [6, 6.07) is 16.8. The standard InChI is InChI=1S/C17H20O4S4/c18-24(19,16-10-4-1-5-11-16)22-14-8-3-9-15-23-25(20,21)17-12-6-2-7-13-17/h1-2,4-7,10-13H,3,8-9,14-15H2. The molecule has 2 aromatic carbocycles. The SMILES string of the molecule is O=S(=O)(SCCCCCSS(=O)(=O)c1ccccc1)c1ccccc1. The Morgan fingerprint density at radius 2 is 0.920 bits per heavy atom. The van der Waals surface area contributed by atoms with E-state index in [1.54, 1.807) is 60.7 Å². The second kappa shape index (κ2) is 9.66. The van der Waals surface area contributed by atoms with Gasteiger partial charge in [-0.2, -0.15) is 0 Å². The fraction of sp³-hybridized carbons (Fsp3) is 0.294. The van der Waals surface area contributed by atoms with E-state index < -0.39 is 17.7 Å². The molecule has 0 heterocycles. The largest absolute Gasteiger partial charge is 0.229 e. The topological polar surface area (TPSA) is 68.3 Å². The molecule has 0 saturated carbocycles. The van der Waals surface area contributed by atoms with Gasteiger partial charge in [0.05, 0.1) is 9.79 Å². The quantitative estimate of drug-likeness (QED) is 0.422. The van der Waals surface area contributed by atoms with E-state index in [-0.39, 0.29) is 0 Å². The highest BCUT2D eigenvalue weighted by molar-refractivity contribution is 8.72. The summed E-state index contributed by atoms with van der Waals surface area (Å²) in [4.78, 5) is 0.647. The Balaban J connectivity index is 1.66. The maximum absolute atomic E-state index is 12.1. The molecular formula is C17H20O4S4. The van der Waals surface area contributed by atoms with Crippen LogP contribution >= 0.6 is 21.6 Å². The van der Waals surface area contributed by atoms with Crippen molar-refractivity contribution in [2.45, 2.75) is 29.1 Å². The van der Waals surface area contributed by atoms with Gasteiger partial charge >= 0.3 is 0 Å². The second-order valence-electron chi connectivity index (χ2n) is 5.24. The zero-order valence-corrected chi connectivity index (χ0v) is 16.8. The summed E-state index contributed by atoms with van der Waals surface area (Å²) in [6.45, 7) is 0. The Morgan fingerprint density at radius 1 is 0.560 bits per heavy atom. The minimum Gasteiger partial charge on any atom is -0.212 e. The number of unbranched alkanes of at least 4 members (excludes halogenated alkanes) is 2. The van der Waals surface area contributed by atoms with Gasteiger partial charge in [-0.05, 0) is 58.7 Å². The van der Waals surface area contributed by atoms with Crippen LogP contribution in [-0.4, -0.2) is 28.3 Å². The van der Waals surface area contributed by atoms with Gasteiger partial charge in [0.15, 0.2) is 0 Å². The van der Waals surface area contributed by atoms with Gasteiger partial charge in [0.1, 0.15) is 0 Å². The van der Waals surface area contributed by atoms with Gasteiger partial charge in [0.2, 0.25) is 17.7 Å². The molecule has 0 fully saturated rings. The summed E-state index contributed by atoms with van der Waals surface area (Å²) in [5.41, 5.74) is 0. The molecule has 0 spiro atoms. The molecular weight excluding hydrogens is 396 g/mol. The molecule has 2 rings (SSSR count). The van der Waals surface area contributed by atoms with E-state index in [1.165, 1.54) is 0 Å². The van der Waals surface area contributed by atoms with Crippen LogP contribution in [0.1, 0.15) is 19.3 Å². The molecule has 0 amide bonds. The van der Waals surface area contributed by atoms with Crippen molar-refractivity contribution in [2.75, 3.05) is 11.5 Å². The molecule has 8 heteroatoms. The van der Waals surface area contributed by atoms with Crippen LogP contribution in [-0.2, 0) is 17.7 Å². The molecule has 0 aliphatic carbocycles. The Morgan fingerprint density at radius 3 is 1.28 bits per heavy atom. The van der Waals surface area contributed by atoms with E-state index in [0.29, 0.717) is 21.3 Å². The summed E-state index contributed by atoms with van der Waals surface area (Å²) in [5.74, 6) is 1.01. The molecule has 0 radical (unpaired) electrons. The van der Waals surface area contributed by atoms with E-state index >= 15 is 0 Å². The van der Waals surface area contributed by atoms with Crippen molar-refractivity contribution in [2.24, 2.45) is 0 Å². The summed E-state index contributed by atoms with van der Waals surface area (Å²) in [6.07, 6.45) is 2.28. The summed E-state index contributed by atoms with van der Waals surface area (Å²) in [7, 11) is -4.71. The van der Waals surface area contributed by atoms with Crippen LogP contribution in [0.25, 0.3) is 0 Å². The minimum absolute atomic E-state index is 0.324. The Labute approximate surface area is 157 Å². The van der Waals surface area contributed by atoms with Gasteiger partial charge in [-0.1, -0.05) is 42.8 Å². The molecule has 136 valence electrons. The molecule has 0 aliphatic rings. The van der Waals surface area contributed by atoms with Crippen LogP contribution < -0.4 is 0 Å². The van der Waals surface area contributed by atoms with Crippen molar-refractivity contribution < 1.29 is 16.8 Å². The molecule has 0 saturated heterocycles. The third kappa shape index (κ3) is 6.69. The molecule has 0 N–H and O–H groups in total. The lowest BCUT2D eigenvalue weighted by atomic mass is 10.3. The predicted octanol–water partition coefficient (Wildman–Crippen LogP) is 4.40. The number of hydrogen-bond donors (Lipinski definition) is 0. The average Bonchev–Trinajstić information content (AvgIpc) is 2.62. The van der Waals surface area contributed by atoms with Crippen LogP contribution in [0.4, 0.5) is 0 Å². The number of benzene rings is 2. The molecule has 0 atom stereocenters. The summed E-state index contributed by atoms with van der Waals surface area (Å²) < 4.78 is 48.4. The first kappa shape index (κ1) is 20.4. The van der Waals surface area contributed by atoms with E-state index in [1.807, 2.05) is 0 Å².